The molecule has 1 amide bonds. The fourth-order valence-electron chi connectivity index (χ4n) is 3.68. The van der Waals surface area contributed by atoms with Crippen LogP contribution in [0.25, 0.3) is 20.8 Å². The Morgan fingerprint density at radius 2 is 1.79 bits per heavy atom. The Bertz CT molecular complexity index is 1160. The third-order valence-electron chi connectivity index (χ3n) is 5.02. The van der Waals surface area contributed by atoms with Gasteiger partial charge in [-0.1, -0.05) is 24.3 Å². The van der Waals surface area contributed by atoms with Gasteiger partial charge in [-0.15, -0.1) is 22.7 Å². The second-order valence-electron chi connectivity index (χ2n) is 6.84. The Balaban J connectivity index is 1.61. The van der Waals surface area contributed by atoms with Crippen LogP contribution in [-0.4, -0.2) is 10.9 Å². The lowest BCUT2D eigenvalue weighted by Crippen LogP contribution is -2.12. The molecule has 5 rings (SSSR count). The van der Waals surface area contributed by atoms with Gasteiger partial charge in [0.1, 0.15) is 10.0 Å². The molecule has 1 aliphatic rings. The van der Waals surface area contributed by atoms with E-state index in [1.807, 2.05) is 42.5 Å². The molecule has 140 valence electrons. The zero-order chi connectivity index (χ0) is 19.1. The van der Waals surface area contributed by atoms with Gasteiger partial charge in [-0.25, -0.2) is 4.98 Å². The lowest BCUT2D eigenvalue weighted by molar-refractivity contribution is 0.102. The van der Waals surface area contributed by atoms with Gasteiger partial charge in [0.15, 0.2) is 0 Å². The molecule has 0 saturated heterocycles. The molecular formula is C22H17BrN2OS2. The fraction of sp³-hybridized carbons (Fsp3) is 0.182. The van der Waals surface area contributed by atoms with E-state index < -0.39 is 0 Å². The number of hydrogen-bond donors (Lipinski definition) is 1. The molecule has 2 aromatic carbocycles. The van der Waals surface area contributed by atoms with Crippen LogP contribution >= 0.6 is 38.6 Å². The monoisotopic (exact) mass is 468 g/mol. The van der Waals surface area contributed by atoms with Crippen LogP contribution < -0.4 is 5.32 Å². The van der Waals surface area contributed by atoms with Gasteiger partial charge in [0.2, 0.25) is 0 Å². The minimum absolute atomic E-state index is 0.0894. The van der Waals surface area contributed by atoms with Gasteiger partial charge < -0.3 is 5.32 Å². The summed E-state index contributed by atoms with van der Waals surface area (Å²) < 4.78 is 1.98. The van der Waals surface area contributed by atoms with E-state index in [2.05, 4.69) is 27.3 Å². The largest absolute Gasteiger partial charge is 0.313 e. The second kappa shape index (κ2) is 7.43. The van der Waals surface area contributed by atoms with Crippen molar-refractivity contribution in [2.24, 2.45) is 0 Å². The number of amides is 1. The summed E-state index contributed by atoms with van der Waals surface area (Å²) in [5.41, 5.74) is 4.16. The number of rotatable bonds is 3. The maximum atomic E-state index is 13.0. The number of para-hydroxylation sites is 1. The number of thiophene rings is 1. The summed E-state index contributed by atoms with van der Waals surface area (Å²) in [6.07, 6.45) is 4.55. The maximum Gasteiger partial charge on any atom is 0.257 e. The zero-order valence-corrected chi connectivity index (χ0v) is 18.2. The van der Waals surface area contributed by atoms with E-state index in [1.54, 1.807) is 22.7 Å². The van der Waals surface area contributed by atoms with Crippen molar-refractivity contribution >= 4 is 59.7 Å². The molecule has 0 radical (unpaired) electrons. The van der Waals surface area contributed by atoms with Crippen molar-refractivity contribution in [1.29, 1.82) is 0 Å². The van der Waals surface area contributed by atoms with Crippen molar-refractivity contribution in [3.05, 3.63) is 69.0 Å². The van der Waals surface area contributed by atoms with Crippen LogP contribution in [-0.2, 0) is 12.8 Å². The van der Waals surface area contributed by atoms with E-state index in [1.165, 1.54) is 28.0 Å². The van der Waals surface area contributed by atoms with Crippen molar-refractivity contribution < 1.29 is 4.79 Å². The summed E-state index contributed by atoms with van der Waals surface area (Å²) in [6.45, 7) is 0. The molecule has 1 aliphatic carbocycles. The van der Waals surface area contributed by atoms with Gasteiger partial charge in [-0.05, 0) is 71.4 Å². The van der Waals surface area contributed by atoms with E-state index in [-0.39, 0.29) is 5.91 Å². The predicted octanol–water partition coefficient (Wildman–Crippen LogP) is 6.92. The maximum absolute atomic E-state index is 13.0. The molecule has 0 bridgehead atoms. The van der Waals surface area contributed by atoms with Crippen LogP contribution in [0.3, 0.4) is 0 Å². The molecule has 0 spiro atoms. The Morgan fingerprint density at radius 3 is 2.64 bits per heavy atom. The van der Waals surface area contributed by atoms with Gasteiger partial charge in [0.25, 0.3) is 5.91 Å². The lowest BCUT2D eigenvalue weighted by Gasteiger charge is -2.12. The SMILES string of the molecule is O=C(Nc1sc2c(c1-c1nc3ccccc3s1)CCCC2)c1ccccc1Br. The van der Waals surface area contributed by atoms with Gasteiger partial charge in [0.05, 0.1) is 15.8 Å². The number of hydrogen-bond acceptors (Lipinski definition) is 4. The predicted molar refractivity (Wildman–Crippen MR) is 122 cm³/mol. The molecule has 0 fully saturated rings. The Morgan fingerprint density at radius 1 is 1.00 bits per heavy atom. The third kappa shape index (κ3) is 3.19. The fourth-order valence-corrected chi connectivity index (χ4v) is 6.53. The summed E-state index contributed by atoms with van der Waals surface area (Å²) in [5.74, 6) is -0.0894. The van der Waals surface area contributed by atoms with E-state index in [0.717, 1.165) is 38.4 Å². The quantitative estimate of drug-likeness (QED) is 0.354. The number of carbonyl (C=O) groups excluding carboxylic acids is 1. The van der Waals surface area contributed by atoms with Crippen LogP contribution in [0.5, 0.6) is 0 Å². The molecule has 0 saturated carbocycles. The van der Waals surface area contributed by atoms with Gasteiger partial charge in [0, 0.05) is 14.9 Å². The third-order valence-corrected chi connectivity index (χ3v) is 7.98. The first-order chi connectivity index (χ1) is 13.7. The first-order valence-corrected chi connectivity index (χ1v) is 11.7. The van der Waals surface area contributed by atoms with Crippen LogP contribution in [0.4, 0.5) is 5.00 Å². The first-order valence-electron chi connectivity index (χ1n) is 9.27. The number of anilines is 1. The molecule has 2 aromatic heterocycles. The summed E-state index contributed by atoms with van der Waals surface area (Å²) in [4.78, 5) is 19.2. The molecule has 0 atom stereocenters. The smallest absolute Gasteiger partial charge is 0.257 e. The van der Waals surface area contributed by atoms with Crippen LogP contribution in [0.2, 0.25) is 0 Å². The van der Waals surface area contributed by atoms with Crippen LogP contribution in [0.15, 0.2) is 53.0 Å². The molecule has 28 heavy (non-hydrogen) atoms. The first kappa shape index (κ1) is 18.0. The molecule has 1 N–H and O–H groups in total. The van der Waals surface area contributed by atoms with Crippen molar-refractivity contribution in [1.82, 2.24) is 4.98 Å². The number of nitrogens with zero attached hydrogens (tertiary/aromatic N) is 1. The minimum Gasteiger partial charge on any atom is -0.313 e. The van der Waals surface area contributed by atoms with E-state index in [9.17, 15) is 4.79 Å². The number of aryl methyl sites for hydroxylation is 1. The van der Waals surface area contributed by atoms with E-state index in [4.69, 9.17) is 4.98 Å². The second-order valence-corrected chi connectivity index (χ2v) is 9.83. The van der Waals surface area contributed by atoms with Crippen molar-refractivity contribution in [3.8, 4) is 10.6 Å². The number of aromatic nitrogens is 1. The average Bonchev–Trinajstić information content (AvgIpc) is 3.28. The van der Waals surface area contributed by atoms with Crippen molar-refractivity contribution in [2.75, 3.05) is 5.32 Å². The van der Waals surface area contributed by atoms with Gasteiger partial charge in [-0.2, -0.15) is 0 Å². The number of nitrogens with one attached hydrogen (secondary N) is 1. The normalized spacial score (nSPS) is 13.5. The number of halogens is 1. The number of thiazole rings is 1. The molecule has 4 aromatic rings. The highest BCUT2D eigenvalue weighted by Crippen LogP contribution is 2.46. The minimum atomic E-state index is -0.0894. The van der Waals surface area contributed by atoms with Crippen molar-refractivity contribution in [2.45, 2.75) is 25.7 Å². The highest BCUT2D eigenvalue weighted by Gasteiger charge is 2.25. The van der Waals surface area contributed by atoms with Gasteiger partial charge in [-0.3, -0.25) is 4.79 Å². The summed E-state index contributed by atoms with van der Waals surface area (Å²) >= 11 is 6.90. The molecular weight excluding hydrogens is 452 g/mol. The molecule has 0 aliphatic heterocycles. The summed E-state index contributed by atoms with van der Waals surface area (Å²) in [6, 6.07) is 15.7. The highest BCUT2D eigenvalue weighted by atomic mass is 79.9. The number of carbonyl (C=O) groups is 1. The van der Waals surface area contributed by atoms with E-state index >= 15 is 0 Å². The Hall–Kier alpha value is -2.02. The molecule has 0 unspecified atom stereocenters. The average molecular weight is 469 g/mol. The van der Waals surface area contributed by atoms with Crippen molar-refractivity contribution in [3.63, 3.8) is 0 Å². The summed E-state index contributed by atoms with van der Waals surface area (Å²) in [7, 11) is 0. The highest BCUT2D eigenvalue weighted by molar-refractivity contribution is 9.10. The zero-order valence-electron chi connectivity index (χ0n) is 15.0. The lowest BCUT2D eigenvalue weighted by atomic mass is 9.95. The molecule has 3 nitrogen and oxygen atoms in total. The number of benzene rings is 2. The topological polar surface area (TPSA) is 42.0 Å². The molecule has 2 heterocycles. The standard InChI is InChI=1S/C22H17BrN2OS2/c23-15-9-3-1-7-13(15)20(26)25-22-19(14-8-2-5-11-17(14)27-22)21-24-16-10-4-6-12-18(16)28-21/h1,3-4,6-7,9-10,12H,2,5,8,11H2,(H,25,26). The number of fused-ring (bicyclic) bond motifs is 2. The van der Waals surface area contributed by atoms with Crippen LogP contribution in [0, 0.1) is 0 Å². The Kier molecular flexibility index (Phi) is 4.78. The van der Waals surface area contributed by atoms with Gasteiger partial charge >= 0.3 is 0 Å². The van der Waals surface area contributed by atoms with E-state index in [0.29, 0.717) is 5.56 Å². The van der Waals surface area contributed by atoms with Crippen LogP contribution in [0.1, 0.15) is 33.6 Å². The summed E-state index contributed by atoms with van der Waals surface area (Å²) in [5, 5.41) is 5.11. The molecule has 6 heteroatoms. The Labute approximate surface area is 179 Å².